The van der Waals surface area contributed by atoms with Crippen LogP contribution in [0.1, 0.15) is 17.3 Å². The average molecular weight is 283 g/mol. The van der Waals surface area contributed by atoms with E-state index in [4.69, 9.17) is 4.74 Å². The van der Waals surface area contributed by atoms with Crippen LogP contribution in [-0.2, 0) is 11.3 Å². The third-order valence-electron chi connectivity index (χ3n) is 1.58. The first-order valence-corrected chi connectivity index (χ1v) is 5.02. The summed E-state index contributed by atoms with van der Waals surface area (Å²) in [6.45, 7) is 1.33. The van der Waals surface area contributed by atoms with Gasteiger partial charge in [0.15, 0.2) is 0 Å². The zero-order valence-corrected chi connectivity index (χ0v) is 9.50. The van der Waals surface area contributed by atoms with Gasteiger partial charge in [0.05, 0.1) is 12.8 Å². The molecule has 0 amide bonds. The van der Waals surface area contributed by atoms with Crippen LogP contribution in [0.25, 0.3) is 0 Å². The smallest absolute Gasteiger partial charge is 0.342 e. The van der Waals surface area contributed by atoms with Gasteiger partial charge in [-0.25, -0.2) is 13.6 Å². The first-order chi connectivity index (χ1) is 7.06. The summed E-state index contributed by atoms with van der Waals surface area (Å²) in [5.74, 6) is -0.579. The van der Waals surface area contributed by atoms with E-state index >= 15 is 0 Å². The maximum absolute atomic E-state index is 12.1. The van der Waals surface area contributed by atoms with Crippen molar-refractivity contribution in [3.05, 3.63) is 16.4 Å². The minimum absolute atomic E-state index is 0.150. The molecule has 0 fully saturated rings. The van der Waals surface area contributed by atoms with Gasteiger partial charge >= 0.3 is 5.97 Å². The quantitative estimate of drug-likeness (QED) is 0.795. The Labute approximate surface area is 93.3 Å². The molecule has 0 aromatic carbocycles. The lowest BCUT2D eigenvalue weighted by Crippen LogP contribution is -2.09. The average Bonchev–Trinajstić information content (AvgIpc) is 2.48. The monoisotopic (exact) mass is 282 g/mol. The van der Waals surface area contributed by atoms with Crippen molar-refractivity contribution in [2.45, 2.75) is 19.9 Å². The summed E-state index contributed by atoms with van der Waals surface area (Å²) in [6, 6.07) is 0. The Morgan fingerprint density at radius 1 is 1.73 bits per heavy atom. The number of esters is 1. The molecule has 0 bridgehead atoms. The van der Waals surface area contributed by atoms with Gasteiger partial charge in [0.1, 0.15) is 16.7 Å². The Morgan fingerprint density at radius 3 is 2.93 bits per heavy atom. The van der Waals surface area contributed by atoms with Crippen molar-refractivity contribution in [1.29, 1.82) is 0 Å². The first-order valence-electron chi connectivity index (χ1n) is 4.22. The molecule has 0 aliphatic heterocycles. The Kier molecular flexibility index (Phi) is 4.19. The van der Waals surface area contributed by atoms with Gasteiger partial charge in [-0.1, -0.05) is 0 Å². The highest BCUT2D eigenvalue weighted by Gasteiger charge is 2.18. The molecule has 1 rings (SSSR count). The number of halogens is 3. The van der Waals surface area contributed by atoms with Crippen LogP contribution in [0.3, 0.4) is 0 Å². The van der Waals surface area contributed by atoms with E-state index in [9.17, 15) is 13.6 Å². The van der Waals surface area contributed by atoms with E-state index in [2.05, 4.69) is 21.0 Å². The van der Waals surface area contributed by atoms with Gasteiger partial charge in [-0.05, 0) is 22.9 Å². The summed E-state index contributed by atoms with van der Waals surface area (Å²) in [5, 5.41) is 3.65. The fourth-order valence-electron chi connectivity index (χ4n) is 0.974. The van der Waals surface area contributed by atoms with Crippen LogP contribution < -0.4 is 0 Å². The zero-order chi connectivity index (χ0) is 11.4. The molecule has 1 aromatic rings. The molecule has 1 heterocycles. The topological polar surface area (TPSA) is 44.1 Å². The van der Waals surface area contributed by atoms with Crippen LogP contribution in [0.4, 0.5) is 8.78 Å². The molecule has 1 aromatic heterocycles. The van der Waals surface area contributed by atoms with Gasteiger partial charge in [0.25, 0.3) is 6.43 Å². The second-order valence-corrected chi connectivity index (χ2v) is 3.39. The number of alkyl halides is 2. The summed E-state index contributed by atoms with van der Waals surface area (Å²) in [7, 11) is 0. The van der Waals surface area contributed by atoms with Crippen LogP contribution in [-0.4, -0.2) is 28.8 Å². The molecule has 0 aliphatic rings. The van der Waals surface area contributed by atoms with Crippen molar-refractivity contribution < 1.29 is 18.3 Å². The molecule has 84 valence electrons. The molecule has 0 aliphatic carbocycles. The maximum Gasteiger partial charge on any atom is 0.342 e. The fourth-order valence-corrected chi connectivity index (χ4v) is 1.47. The summed E-state index contributed by atoms with van der Waals surface area (Å²) in [6.07, 6.45) is -1.32. The second kappa shape index (κ2) is 5.20. The lowest BCUT2D eigenvalue weighted by atomic mass is 10.4. The SMILES string of the molecule is CCOC(=O)c1cnn(CC(F)F)c1Br. The maximum atomic E-state index is 12.1. The molecular weight excluding hydrogens is 274 g/mol. The predicted octanol–water partition coefficient (Wildman–Crippen LogP) is 2.09. The van der Waals surface area contributed by atoms with E-state index in [1.54, 1.807) is 6.92 Å². The fraction of sp³-hybridized carbons (Fsp3) is 0.500. The van der Waals surface area contributed by atoms with E-state index in [0.717, 1.165) is 4.68 Å². The molecule has 0 saturated heterocycles. The molecule has 4 nitrogen and oxygen atoms in total. The van der Waals surface area contributed by atoms with Gasteiger partial charge in [0.2, 0.25) is 0 Å². The molecule has 7 heteroatoms. The van der Waals surface area contributed by atoms with Gasteiger partial charge in [-0.15, -0.1) is 0 Å². The van der Waals surface area contributed by atoms with Gasteiger partial charge in [-0.3, -0.25) is 4.68 Å². The predicted molar refractivity (Wildman–Crippen MR) is 51.9 cm³/mol. The summed E-state index contributed by atoms with van der Waals surface area (Å²) in [5.41, 5.74) is 0.150. The van der Waals surface area contributed by atoms with E-state index in [0.29, 0.717) is 0 Å². The number of aromatic nitrogens is 2. The van der Waals surface area contributed by atoms with Crippen molar-refractivity contribution in [3.63, 3.8) is 0 Å². The lowest BCUT2D eigenvalue weighted by molar-refractivity contribution is 0.0524. The van der Waals surface area contributed by atoms with Gasteiger partial charge in [-0.2, -0.15) is 5.10 Å². The van der Waals surface area contributed by atoms with E-state index in [1.807, 2.05) is 0 Å². The highest BCUT2D eigenvalue weighted by molar-refractivity contribution is 9.10. The zero-order valence-electron chi connectivity index (χ0n) is 7.91. The van der Waals surface area contributed by atoms with Crippen LogP contribution in [0, 0.1) is 0 Å². The van der Waals surface area contributed by atoms with Crippen molar-refractivity contribution >= 4 is 21.9 Å². The Hall–Kier alpha value is -0.980. The van der Waals surface area contributed by atoms with Crippen molar-refractivity contribution in [3.8, 4) is 0 Å². The molecule has 0 N–H and O–H groups in total. The summed E-state index contributed by atoms with van der Waals surface area (Å²) in [4.78, 5) is 11.3. The minimum atomic E-state index is -2.52. The summed E-state index contributed by atoms with van der Waals surface area (Å²) >= 11 is 3.02. The molecule has 15 heavy (non-hydrogen) atoms. The third kappa shape index (κ3) is 2.98. The van der Waals surface area contributed by atoms with E-state index in [1.165, 1.54) is 6.20 Å². The van der Waals surface area contributed by atoms with Gasteiger partial charge in [0, 0.05) is 0 Å². The normalized spacial score (nSPS) is 10.7. The van der Waals surface area contributed by atoms with Crippen LogP contribution >= 0.6 is 15.9 Å². The standard InChI is InChI=1S/C8H9BrF2N2O2/c1-2-15-8(14)5-3-12-13(7(5)9)4-6(10)11/h3,6H,2,4H2,1H3. The Morgan fingerprint density at radius 2 is 2.40 bits per heavy atom. The van der Waals surface area contributed by atoms with Crippen molar-refractivity contribution in [2.24, 2.45) is 0 Å². The van der Waals surface area contributed by atoms with Gasteiger partial charge < -0.3 is 4.74 Å². The summed E-state index contributed by atoms with van der Waals surface area (Å²) < 4.78 is 30.1. The van der Waals surface area contributed by atoms with Crippen molar-refractivity contribution in [1.82, 2.24) is 9.78 Å². The Bertz CT molecular complexity index is 354. The number of carbonyl (C=O) groups excluding carboxylic acids is 1. The highest BCUT2D eigenvalue weighted by atomic mass is 79.9. The molecule has 0 saturated carbocycles. The van der Waals surface area contributed by atoms with Crippen LogP contribution in [0.15, 0.2) is 10.8 Å². The van der Waals surface area contributed by atoms with E-state index in [-0.39, 0.29) is 16.8 Å². The van der Waals surface area contributed by atoms with E-state index < -0.39 is 18.9 Å². The molecule has 0 spiro atoms. The number of ether oxygens (including phenoxy) is 1. The second-order valence-electron chi connectivity index (χ2n) is 2.64. The number of hydrogen-bond acceptors (Lipinski definition) is 3. The molecular formula is C8H9BrF2N2O2. The van der Waals surface area contributed by atoms with Crippen molar-refractivity contribution in [2.75, 3.05) is 6.61 Å². The largest absolute Gasteiger partial charge is 0.462 e. The third-order valence-corrected chi connectivity index (χ3v) is 2.42. The minimum Gasteiger partial charge on any atom is -0.462 e. The first kappa shape index (κ1) is 12.1. The van der Waals surface area contributed by atoms with Crippen LogP contribution in [0.5, 0.6) is 0 Å². The Balaban J connectivity index is 2.84. The number of rotatable bonds is 4. The molecule has 0 radical (unpaired) electrons. The number of hydrogen-bond donors (Lipinski definition) is 0. The number of nitrogens with zero attached hydrogens (tertiary/aromatic N) is 2. The molecule has 0 atom stereocenters. The number of carbonyl (C=O) groups is 1. The highest BCUT2D eigenvalue weighted by Crippen LogP contribution is 2.18. The lowest BCUT2D eigenvalue weighted by Gasteiger charge is -2.02. The van der Waals surface area contributed by atoms with Crippen LogP contribution in [0.2, 0.25) is 0 Å². The molecule has 0 unspecified atom stereocenters.